The van der Waals surface area contributed by atoms with Crippen LogP contribution >= 0.6 is 0 Å². The molecule has 0 fully saturated rings. The molecule has 0 aromatic rings. The summed E-state index contributed by atoms with van der Waals surface area (Å²) in [4.78, 5) is 0. The van der Waals surface area contributed by atoms with Crippen molar-refractivity contribution in [3.8, 4) is 0 Å². The molecule has 0 saturated carbocycles. The van der Waals surface area contributed by atoms with Gasteiger partial charge in [0.1, 0.15) is 0 Å². The van der Waals surface area contributed by atoms with Gasteiger partial charge in [0.2, 0.25) is 0 Å². The first kappa shape index (κ1) is 508. The maximum absolute atomic E-state index is 0. The van der Waals surface area contributed by atoms with Crippen LogP contribution in [0.4, 0.5) is 0 Å². The van der Waals surface area contributed by atoms with Crippen molar-refractivity contribution in [2.45, 2.75) is 0 Å². The van der Waals surface area contributed by atoms with E-state index in [9.17, 15) is 0 Å². The number of hydrogen-bond acceptors (Lipinski definition) is 2. The van der Waals surface area contributed by atoms with E-state index in [0.29, 0.717) is 0 Å². The quantitative estimate of drug-likeness (QED) is 0.389. The van der Waals surface area contributed by atoms with Gasteiger partial charge in [0.25, 0.3) is 0 Å². The summed E-state index contributed by atoms with van der Waals surface area (Å²) in [7, 11) is 0. The van der Waals surface area contributed by atoms with Crippen molar-refractivity contribution in [3.05, 3.63) is 0 Å². The molecule has 0 aromatic carbocycles. The van der Waals surface area contributed by atoms with Gasteiger partial charge in [0.15, 0.2) is 0 Å². The van der Waals surface area contributed by atoms with Gasteiger partial charge in [-0.3, -0.25) is 0 Å². The number of rotatable bonds is 0. The van der Waals surface area contributed by atoms with Crippen LogP contribution in [0.25, 0.3) is 0 Å². The normalized spacial score (nSPS) is 0. The molecule has 0 saturated heterocycles. The molecule has 5 nitrogen and oxygen atoms in total. The molecule has 0 aromatic heterocycles. The first-order valence-electron chi connectivity index (χ1n) is 0. The maximum Gasteiger partial charge on any atom is 0 e. The van der Waals surface area contributed by atoms with E-state index in [1.165, 1.54) is 0 Å². The summed E-state index contributed by atoms with van der Waals surface area (Å²) < 4.78 is 0. The molecule has 0 rings (SSSR count). The Balaban J connectivity index is 0. The molecule has 0 aliphatic carbocycles. The molecule has 7 heteroatoms. The third-order valence-corrected chi connectivity index (χ3v) is 0. The zero-order valence-electron chi connectivity index (χ0n) is 3.10. The van der Waals surface area contributed by atoms with Crippen LogP contribution in [0.2, 0.25) is 0 Å². The first-order chi connectivity index (χ1) is 0. The minimum atomic E-state index is 0. The van der Waals surface area contributed by atoms with Crippen LogP contribution in [0, 0.1) is 0 Å². The zero-order chi connectivity index (χ0) is 0. The van der Waals surface area contributed by atoms with E-state index < -0.39 is 0 Å². The van der Waals surface area contributed by atoms with E-state index >= 15 is 0 Å². The van der Waals surface area contributed by atoms with Crippen molar-refractivity contribution in [2.75, 3.05) is 0 Å². The molecule has 1 radical (unpaired) electrons. The molecule has 0 heterocycles. The van der Waals surface area contributed by atoms with E-state index in [0.717, 1.165) is 0 Å². The Kier molecular flexibility index (Phi) is 23500. The van der Waals surface area contributed by atoms with Crippen molar-refractivity contribution in [2.24, 2.45) is 0 Å². The van der Waals surface area contributed by atoms with Crippen LogP contribution in [-0.4, -0.2) is 27.4 Å². The average Bonchev–Trinajstić information content (AvgIpc) is 0. The molecular weight excluding hydrogens is 196 g/mol. The topological polar surface area (TPSA) is 154 Å². The minimum absolute atomic E-state index is 0. The fourth-order valence-electron chi connectivity index (χ4n) is 0. The van der Waals surface area contributed by atoms with Gasteiger partial charge in [-0.1, -0.05) is 0 Å². The van der Waals surface area contributed by atoms with Crippen LogP contribution < -0.4 is 0 Å². The van der Waals surface area contributed by atoms with Gasteiger partial charge in [-0.2, -0.15) is 0 Å². The predicted molar refractivity (Wildman–Crippen MR) is 14.7 cm³/mol. The van der Waals surface area contributed by atoms with Gasteiger partial charge in [0.05, 0.1) is 0 Å². The SMILES string of the molecule is O.O.O.[Cr].[Cu].[OH-].[OH-]. The predicted octanol–water partition coefficient (Wildman–Crippen LogP) is -2.83. The monoisotopic (exact) mass is 203 g/mol. The third-order valence-electron chi connectivity index (χ3n) is 0. The van der Waals surface area contributed by atoms with Crippen LogP contribution in [-0.2, 0) is 34.4 Å². The van der Waals surface area contributed by atoms with Gasteiger partial charge in [-0.15, -0.1) is 0 Å². The van der Waals surface area contributed by atoms with Crippen LogP contribution in [0.5, 0.6) is 0 Å². The molecular formula is H8CrCuO5-2. The van der Waals surface area contributed by atoms with Crippen molar-refractivity contribution in [3.63, 3.8) is 0 Å². The molecule has 0 amide bonds. The summed E-state index contributed by atoms with van der Waals surface area (Å²) in [5.74, 6) is 0. The second-order valence-corrected chi connectivity index (χ2v) is 0. The summed E-state index contributed by atoms with van der Waals surface area (Å²) in [5.41, 5.74) is 0. The molecule has 8 N–H and O–H groups in total. The molecule has 0 unspecified atom stereocenters. The van der Waals surface area contributed by atoms with Gasteiger partial charge in [-0.25, -0.2) is 0 Å². The molecule has 57 valence electrons. The standard InChI is InChI=1S/Cr.Cu.5H2O/h;;5*1H2/p-2. The Morgan fingerprint density at radius 3 is 0.571 bits per heavy atom. The van der Waals surface area contributed by atoms with Crippen molar-refractivity contribution in [1.29, 1.82) is 0 Å². The summed E-state index contributed by atoms with van der Waals surface area (Å²) in [5, 5.41) is 0. The largest absolute Gasteiger partial charge is 0.870 e. The van der Waals surface area contributed by atoms with Crippen molar-refractivity contribution < 1.29 is 61.8 Å². The van der Waals surface area contributed by atoms with Gasteiger partial charge < -0.3 is 27.4 Å². The summed E-state index contributed by atoms with van der Waals surface area (Å²) in [6, 6.07) is 0. The van der Waals surface area contributed by atoms with E-state index in [1.807, 2.05) is 0 Å². The smallest absolute Gasteiger partial charge is 0 e. The third kappa shape index (κ3) is 222. The van der Waals surface area contributed by atoms with Gasteiger partial charge in [-0.05, 0) is 0 Å². The Bertz CT molecular complexity index is 8.04. The van der Waals surface area contributed by atoms with Crippen LogP contribution in [0.15, 0.2) is 0 Å². The van der Waals surface area contributed by atoms with Crippen LogP contribution in [0.1, 0.15) is 0 Å². The summed E-state index contributed by atoms with van der Waals surface area (Å²) >= 11 is 0. The summed E-state index contributed by atoms with van der Waals surface area (Å²) in [6.45, 7) is 0. The Hall–Kier alpha value is 0.852. The molecule has 0 spiro atoms. The molecule has 0 aliphatic rings. The van der Waals surface area contributed by atoms with E-state index in [2.05, 4.69) is 0 Å². The number of hydrogen-bond donors (Lipinski definition) is 0. The second kappa shape index (κ2) is 323. The first-order valence-corrected chi connectivity index (χ1v) is 0. The maximum atomic E-state index is 0. The zero-order valence-corrected chi connectivity index (χ0v) is 5.32. The Morgan fingerprint density at radius 2 is 0.571 bits per heavy atom. The van der Waals surface area contributed by atoms with Gasteiger partial charge >= 0.3 is 0 Å². The van der Waals surface area contributed by atoms with E-state index in [1.54, 1.807) is 0 Å². The van der Waals surface area contributed by atoms with E-state index in [4.69, 9.17) is 0 Å². The Labute approximate surface area is 62.2 Å². The molecule has 0 aliphatic heterocycles. The average molecular weight is 204 g/mol. The van der Waals surface area contributed by atoms with Gasteiger partial charge in [0, 0.05) is 34.4 Å². The van der Waals surface area contributed by atoms with E-state index in [-0.39, 0.29) is 61.8 Å². The summed E-state index contributed by atoms with van der Waals surface area (Å²) in [6.07, 6.45) is 0. The molecule has 7 heavy (non-hydrogen) atoms. The molecule has 0 atom stereocenters. The fourth-order valence-corrected chi connectivity index (χ4v) is 0. The fraction of sp³-hybridized carbons (Fsp3) is 0. The van der Waals surface area contributed by atoms with Crippen molar-refractivity contribution in [1.82, 2.24) is 0 Å². The second-order valence-electron chi connectivity index (χ2n) is 0. The molecule has 0 bridgehead atoms. The van der Waals surface area contributed by atoms with Crippen LogP contribution in [0.3, 0.4) is 0 Å². The Morgan fingerprint density at radius 1 is 0.571 bits per heavy atom. The van der Waals surface area contributed by atoms with Crippen molar-refractivity contribution >= 4 is 0 Å². The minimum Gasteiger partial charge on any atom is -0.870 e.